The highest BCUT2D eigenvalue weighted by Crippen LogP contribution is 2.29. The van der Waals surface area contributed by atoms with Crippen LogP contribution >= 0.6 is 0 Å². The Morgan fingerprint density at radius 2 is 1.72 bits per heavy atom. The van der Waals surface area contributed by atoms with Gasteiger partial charge in [-0.15, -0.1) is 0 Å². The van der Waals surface area contributed by atoms with E-state index in [2.05, 4.69) is 0 Å². The zero-order valence-electron chi connectivity index (χ0n) is 14.6. The molecule has 0 bridgehead atoms. The van der Waals surface area contributed by atoms with Crippen molar-refractivity contribution in [3.63, 3.8) is 0 Å². The second kappa shape index (κ2) is 6.86. The Balaban J connectivity index is 1.90. The lowest BCUT2D eigenvalue weighted by molar-refractivity contribution is -0.0557. The second-order valence-electron chi connectivity index (χ2n) is 6.55. The molecule has 3 rings (SSSR count). The zero-order chi connectivity index (χ0) is 18.2. The fraction of sp³-hybridized carbons (Fsp3) is 0.368. The third kappa shape index (κ3) is 3.76. The van der Waals surface area contributed by atoms with E-state index in [4.69, 9.17) is 4.74 Å². The fourth-order valence-electron chi connectivity index (χ4n) is 2.99. The van der Waals surface area contributed by atoms with Crippen LogP contribution in [0.15, 0.2) is 47.4 Å². The van der Waals surface area contributed by atoms with Gasteiger partial charge in [-0.05, 0) is 61.7 Å². The van der Waals surface area contributed by atoms with Crippen LogP contribution in [0.3, 0.4) is 0 Å². The van der Waals surface area contributed by atoms with Crippen LogP contribution in [0.1, 0.15) is 29.7 Å². The van der Waals surface area contributed by atoms with Gasteiger partial charge in [0.15, 0.2) is 0 Å². The van der Waals surface area contributed by atoms with Crippen LogP contribution in [-0.4, -0.2) is 31.9 Å². The van der Waals surface area contributed by atoms with E-state index in [9.17, 15) is 12.8 Å². The van der Waals surface area contributed by atoms with Crippen LogP contribution in [0.4, 0.5) is 4.39 Å². The van der Waals surface area contributed by atoms with Crippen molar-refractivity contribution < 1.29 is 17.5 Å². The molecule has 4 nitrogen and oxygen atoms in total. The molecule has 25 heavy (non-hydrogen) atoms. The standard InChI is InChI=1S/C19H22FNO3S/c1-13-4-9-18(10-14(13)2)25(22,23)21-11-15(3)24-19(12-21)16-5-7-17(20)8-6-16/h4-10,15,19H,11-12H2,1-3H3. The lowest BCUT2D eigenvalue weighted by Crippen LogP contribution is -2.45. The molecular formula is C19H22FNO3S. The Bertz CT molecular complexity index is 865. The van der Waals surface area contributed by atoms with Gasteiger partial charge in [-0.1, -0.05) is 18.2 Å². The molecule has 0 N–H and O–H groups in total. The van der Waals surface area contributed by atoms with Gasteiger partial charge in [0, 0.05) is 13.1 Å². The monoisotopic (exact) mass is 363 g/mol. The van der Waals surface area contributed by atoms with E-state index >= 15 is 0 Å². The van der Waals surface area contributed by atoms with Crippen molar-refractivity contribution in [3.8, 4) is 0 Å². The minimum Gasteiger partial charge on any atom is -0.368 e. The number of rotatable bonds is 3. The molecule has 2 aromatic carbocycles. The van der Waals surface area contributed by atoms with Gasteiger partial charge in [0.05, 0.1) is 17.1 Å². The molecule has 1 aliphatic heterocycles. The van der Waals surface area contributed by atoms with Crippen molar-refractivity contribution in [1.82, 2.24) is 4.31 Å². The summed E-state index contributed by atoms with van der Waals surface area (Å²) >= 11 is 0. The molecule has 0 aromatic heterocycles. The first-order chi connectivity index (χ1) is 11.8. The van der Waals surface area contributed by atoms with Crippen LogP contribution in [0.2, 0.25) is 0 Å². The zero-order valence-corrected chi connectivity index (χ0v) is 15.4. The van der Waals surface area contributed by atoms with Crippen molar-refractivity contribution >= 4 is 10.0 Å². The average molecular weight is 363 g/mol. The van der Waals surface area contributed by atoms with E-state index in [-0.39, 0.29) is 18.5 Å². The van der Waals surface area contributed by atoms with E-state index in [1.54, 1.807) is 24.3 Å². The van der Waals surface area contributed by atoms with Crippen LogP contribution in [0, 0.1) is 19.7 Å². The number of hydrogen-bond donors (Lipinski definition) is 0. The molecule has 1 heterocycles. The van der Waals surface area contributed by atoms with E-state index in [1.165, 1.54) is 16.4 Å². The first-order valence-electron chi connectivity index (χ1n) is 8.25. The van der Waals surface area contributed by atoms with Crippen molar-refractivity contribution in [1.29, 1.82) is 0 Å². The van der Waals surface area contributed by atoms with Gasteiger partial charge >= 0.3 is 0 Å². The molecule has 2 unspecified atom stereocenters. The summed E-state index contributed by atoms with van der Waals surface area (Å²) in [4.78, 5) is 0.294. The summed E-state index contributed by atoms with van der Waals surface area (Å²) in [6, 6.07) is 11.2. The van der Waals surface area contributed by atoms with Gasteiger partial charge in [0.25, 0.3) is 0 Å². The molecule has 0 spiro atoms. The summed E-state index contributed by atoms with van der Waals surface area (Å²) in [6.45, 7) is 6.21. The van der Waals surface area contributed by atoms with Crippen molar-refractivity contribution in [2.24, 2.45) is 0 Å². The van der Waals surface area contributed by atoms with E-state index in [0.717, 1.165) is 16.7 Å². The van der Waals surface area contributed by atoms with Crippen LogP contribution in [-0.2, 0) is 14.8 Å². The molecule has 0 radical (unpaired) electrons. The summed E-state index contributed by atoms with van der Waals surface area (Å²) in [7, 11) is -3.60. The average Bonchev–Trinajstić information content (AvgIpc) is 2.57. The first-order valence-corrected chi connectivity index (χ1v) is 9.69. The van der Waals surface area contributed by atoms with E-state index in [0.29, 0.717) is 11.4 Å². The molecular weight excluding hydrogens is 341 g/mol. The smallest absolute Gasteiger partial charge is 0.243 e. The van der Waals surface area contributed by atoms with Crippen LogP contribution in [0.25, 0.3) is 0 Å². The van der Waals surface area contributed by atoms with Crippen LogP contribution in [0.5, 0.6) is 0 Å². The number of aryl methyl sites for hydroxylation is 2. The molecule has 1 saturated heterocycles. The summed E-state index contributed by atoms with van der Waals surface area (Å²) < 4.78 is 46.6. The molecule has 2 atom stereocenters. The maximum absolute atomic E-state index is 13.1. The highest BCUT2D eigenvalue weighted by molar-refractivity contribution is 7.89. The lowest BCUT2D eigenvalue weighted by atomic mass is 10.1. The molecule has 134 valence electrons. The largest absolute Gasteiger partial charge is 0.368 e. The summed E-state index contributed by atoms with van der Waals surface area (Å²) in [5.41, 5.74) is 2.77. The minimum absolute atomic E-state index is 0.214. The molecule has 6 heteroatoms. The maximum atomic E-state index is 13.1. The highest BCUT2D eigenvalue weighted by atomic mass is 32.2. The van der Waals surface area contributed by atoms with Crippen molar-refractivity contribution in [3.05, 3.63) is 65.0 Å². The molecule has 2 aromatic rings. The first kappa shape index (κ1) is 18.0. The summed E-state index contributed by atoms with van der Waals surface area (Å²) in [5, 5.41) is 0. The molecule has 1 fully saturated rings. The van der Waals surface area contributed by atoms with Gasteiger partial charge in [0.2, 0.25) is 10.0 Å². The topological polar surface area (TPSA) is 46.6 Å². The number of ether oxygens (including phenoxy) is 1. The predicted molar refractivity (Wildman–Crippen MR) is 94.4 cm³/mol. The summed E-state index contributed by atoms with van der Waals surface area (Å²) in [6.07, 6.45) is -0.657. The molecule has 0 amide bonds. The van der Waals surface area contributed by atoms with Gasteiger partial charge < -0.3 is 4.74 Å². The minimum atomic E-state index is -3.60. The van der Waals surface area contributed by atoms with Gasteiger partial charge in [-0.3, -0.25) is 0 Å². The number of sulfonamides is 1. The van der Waals surface area contributed by atoms with E-state index in [1.807, 2.05) is 26.8 Å². The Kier molecular flexibility index (Phi) is 4.95. The third-order valence-corrected chi connectivity index (χ3v) is 6.41. The van der Waals surface area contributed by atoms with Gasteiger partial charge in [-0.2, -0.15) is 4.31 Å². The summed E-state index contributed by atoms with van der Waals surface area (Å²) in [5.74, 6) is -0.327. The van der Waals surface area contributed by atoms with E-state index < -0.39 is 16.1 Å². The van der Waals surface area contributed by atoms with Gasteiger partial charge in [0.1, 0.15) is 5.82 Å². The number of nitrogens with zero attached hydrogens (tertiary/aromatic N) is 1. The Labute approximate surface area is 148 Å². The van der Waals surface area contributed by atoms with Crippen LogP contribution < -0.4 is 0 Å². The normalized spacial score (nSPS) is 22.1. The highest BCUT2D eigenvalue weighted by Gasteiger charge is 2.34. The Morgan fingerprint density at radius 3 is 2.36 bits per heavy atom. The number of benzene rings is 2. The number of morpholine rings is 1. The molecule has 0 aliphatic carbocycles. The second-order valence-corrected chi connectivity index (χ2v) is 8.49. The number of hydrogen-bond acceptors (Lipinski definition) is 3. The SMILES string of the molecule is Cc1ccc(S(=O)(=O)N2CC(C)OC(c3ccc(F)cc3)C2)cc1C. The lowest BCUT2D eigenvalue weighted by Gasteiger charge is -2.36. The third-order valence-electron chi connectivity index (χ3n) is 4.58. The van der Waals surface area contributed by atoms with Crippen molar-refractivity contribution in [2.75, 3.05) is 13.1 Å². The van der Waals surface area contributed by atoms with Gasteiger partial charge in [-0.25, -0.2) is 12.8 Å². The fourth-order valence-corrected chi connectivity index (χ4v) is 4.60. The molecule has 0 saturated carbocycles. The predicted octanol–water partition coefficient (Wildman–Crippen LogP) is 3.59. The van der Waals surface area contributed by atoms with Crippen molar-refractivity contribution in [2.45, 2.75) is 37.9 Å². The number of halogens is 1. The Hall–Kier alpha value is -1.76. The molecule has 1 aliphatic rings. The maximum Gasteiger partial charge on any atom is 0.243 e. The quantitative estimate of drug-likeness (QED) is 0.837. The Morgan fingerprint density at radius 1 is 1.04 bits per heavy atom.